The van der Waals surface area contributed by atoms with Crippen LogP contribution < -0.4 is 10.4 Å². The van der Waals surface area contributed by atoms with Crippen LogP contribution in [-0.4, -0.2) is 17.2 Å². The topological polar surface area (TPSA) is 76.7 Å². The number of carboxylic acids is 1. The minimum absolute atomic E-state index is 0.180. The van der Waals surface area contributed by atoms with Crippen molar-refractivity contribution in [3.05, 3.63) is 39.2 Å². The molecule has 112 valence electrons. The normalized spacial score (nSPS) is 12.6. The van der Waals surface area contributed by atoms with Crippen LogP contribution in [-0.2, 0) is 4.79 Å². The number of carbonyl (C=O) groups is 1. The number of hydrogen-bond donors (Lipinski definition) is 1. The molecule has 1 aromatic carbocycles. The van der Waals surface area contributed by atoms with E-state index in [0.29, 0.717) is 11.0 Å². The summed E-state index contributed by atoms with van der Waals surface area (Å²) in [5.41, 5.74) is 0.563. The first-order valence-electron chi connectivity index (χ1n) is 6.43. The standard InChI is InChI=1S/C15H15ClO5/c1-7(2)14(15(18)19)21-12-6-11-9(5-10(12)16)8(3)4-13(17)20-11/h4-7,14H,1-3H3,(H,18,19). The molecule has 2 aromatic rings. The van der Waals surface area contributed by atoms with Gasteiger partial charge in [0, 0.05) is 23.4 Å². The Morgan fingerprint density at radius 2 is 2.00 bits per heavy atom. The molecule has 1 aromatic heterocycles. The molecule has 1 N–H and O–H groups in total. The van der Waals surface area contributed by atoms with Crippen molar-refractivity contribution < 1.29 is 19.1 Å². The molecule has 0 saturated carbocycles. The van der Waals surface area contributed by atoms with Gasteiger partial charge >= 0.3 is 11.6 Å². The maximum Gasteiger partial charge on any atom is 0.345 e. The molecule has 0 aliphatic heterocycles. The number of ether oxygens (including phenoxy) is 1. The van der Waals surface area contributed by atoms with E-state index in [1.165, 1.54) is 12.1 Å². The van der Waals surface area contributed by atoms with Gasteiger partial charge in [-0.1, -0.05) is 25.4 Å². The summed E-state index contributed by atoms with van der Waals surface area (Å²) in [4.78, 5) is 22.6. The summed E-state index contributed by atoms with van der Waals surface area (Å²) in [7, 11) is 0. The fourth-order valence-corrected chi connectivity index (χ4v) is 2.23. The molecule has 0 fully saturated rings. The Labute approximate surface area is 126 Å². The van der Waals surface area contributed by atoms with Gasteiger partial charge in [-0.25, -0.2) is 9.59 Å². The van der Waals surface area contributed by atoms with Crippen molar-refractivity contribution in [1.29, 1.82) is 0 Å². The van der Waals surface area contributed by atoms with Gasteiger partial charge in [0.2, 0.25) is 0 Å². The van der Waals surface area contributed by atoms with Crippen molar-refractivity contribution in [2.75, 3.05) is 0 Å². The van der Waals surface area contributed by atoms with Crippen LogP contribution in [0.4, 0.5) is 0 Å². The second-order valence-corrected chi connectivity index (χ2v) is 5.56. The van der Waals surface area contributed by atoms with Gasteiger partial charge in [-0.2, -0.15) is 0 Å². The van der Waals surface area contributed by atoms with Gasteiger partial charge in [0.15, 0.2) is 6.10 Å². The zero-order valence-electron chi connectivity index (χ0n) is 11.8. The lowest BCUT2D eigenvalue weighted by Gasteiger charge is -2.19. The fraction of sp³-hybridized carbons (Fsp3) is 0.333. The molecule has 5 nitrogen and oxygen atoms in total. The van der Waals surface area contributed by atoms with E-state index in [1.54, 1.807) is 26.8 Å². The van der Waals surface area contributed by atoms with Gasteiger partial charge in [-0.15, -0.1) is 0 Å². The number of aryl methyl sites for hydroxylation is 1. The second kappa shape index (κ2) is 5.77. The van der Waals surface area contributed by atoms with Crippen molar-refractivity contribution in [2.45, 2.75) is 26.9 Å². The van der Waals surface area contributed by atoms with E-state index in [0.717, 1.165) is 5.56 Å². The van der Waals surface area contributed by atoms with E-state index in [-0.39, 0.29) is 16.7 Å². The summed E-state index contributed by atoms with van der Waals surface area (Å²) < 4.78 is 10.6. The Kier molecular flexibility index (Phi) is 4.23. The highest BCUT2D eigenvalue weighted by Gasteiger charge is 2.24. The summed E-state index contributed by atoms with van der Waals surface area (Å²) in [5, 5.41) is 10.1. The van der Waals surface area contributed by atoms with Crippen LogP contribution >= 0.6 is 11.6 Å². The van der Waals surface area contributed by atoms with Crippen molar-refractivity contribution in [3.63, 3.8) is 0 Å². The molecule has 1 heterocycles. The van der Waals surface area contributed by atoms with E-state index in [9.17, 15) is 9.59 Å². The second-order valence-electron chi connectivity index (χ2n) is 5.15. The summed E-state index contributed by atoms with van der Waals surface area (Å²) in [6.07, 6.45) is -1.03. The number of fused-ring (bicyclic) bond motifs is 1. The largest absolute Gasteiger partial charge is 0.478 e. The van der Waals surface area contributed by atoms with Crippen LogP contribution in [0.3, 0.4) is 0 Å². The SMILES string of the molecule is Cc1cc(=O)oc2cc(OC(C(=O)O)C(C)C)c(Cl)cc12. The van der Waals surface area contributed by atoms with Crippen LogP contribution in [0.25, 0.3) is 11.0 Å². The summed E-state index contributed by atoms with van der Waals surface area (Å²) in [6, 6.07) is 4.42. The number of aliphatic carboxylic acids is 1. The molecule has 0 bridgehead atoms. The molecular formula is C15H15ClO5. The average Bonchev–Trinajstić information content (AvgIpc) is 2.36. The summed E-state index contributed by atoms with van der Waals surface area (Å²) in [5.74, 6) is -1.13. The first kappa shape index (κ1) is 15.4. The summed E-state index contributed by atoms with van der Waals surface area (Å²) in [6.45, 7) is 5.24. The van der Waals surface area contributed by atoms with Gasteiger partial charge in [0.05, 0.1) is 5.02 Å². The molecule has 21 heavy (non-hydrogen) atoms. The number of hydrogen-bond acceptors (Lipinski definition) is 4. The van der Waals surface area contributed by atoms with Crippen molar-refractivity contribution in [1.82, 2.24) is 0 Å². The van der Waals surface area contributed by atoms with Crippen LogP contribution in [0.5, 0.6) is 5.75 Å². The molecule has 0 radical (unpaired) electrons. The van der Waals surface area contributed by atoms with Crippen LogP contribution in [0.15, 0.2) is 27.4 Å². The Morgan fingerprint density at radius 1 is 1.33 bits per heavy atom. The van der Waals surface area contributed by atoms with E-state index in [4.69, 9.17) is 25.9 Å². The highest BCUT2D eigenvalue weighted by molar-refractivity contribution is 6.32. The number of benzene rings is 1. The van der Waals surface area contributed by atoms with Gasteiger partial charge in [0.25, 0.3) is 0 Å². The lowest BCUT2D eigenvalue weighted by atomic mass is 10.1. The summed E-state index contributed by atoms with van der Waals surface area (Å²) >= 11 is 6.13. The van der Waals surface area contributed by atoms with E-state index in [2.05, 4.69) is 0 Å². The third kappa shape index (κ3) is 3.19. The fourth-order valence-electron chi connectivity index (χ4n) is 2.02. The predicted octanol–water partition coefficient (Wildman–Crippen LogP) is 3.24. The Bertz CT molecular complexity index is 748. The molecule has 0 amide bonds. The third-order valence-electron chi connectivity index (χ3n) is 3.11. The maximum atomic E-state index is 11.4. The Hall–Kier alpha value is -2.01. The molecule has 0 saturated heterocycles. The lowest BCUT2D eigenvalue weighted by Crippen LogP contribution is -2.32. The smallest absolute Gasteiger partial charge is 0.345 e. The van der Waals surface area contributed by atoms with Crippen molar-refractivity contribution in [2.24, 2.45) is 5.92 Å². The minimum atomic E-state index is -1.08. The van der Waals surface area contributed by atoms with E-state index in [1.807, 2.05) is 0 Å². The molecular weight excluding hydrogens is 296 g/mol. The number of halogens is 1. The van der Waals surface area contributed by atoms with E-state index >= 15 is 0 Å². The molecule has 1 unspecified atom stereocenters. The molecule has 6 heteroatoms. The molecule has 2 rings (SSSR count). The predicted molar refractivity (Wildman–Crippen MR) is 79.1 cm³/mol. The monoisotopic (exact) mass is 310 g/mol. The highest BCUT2D eigenvalue weighted by atomic mass is 35.5. The highest BCUT2D eigenvalue weighted by Crippen LogP contribution is 2.32. The molecule has 1 atom stereocenters. The third-order valence-corrected chi connectivity index (χ3v) is 3.40. The van der Waals surface area contributed by atoms with Crippen LogP contribution in [0.2, 0.25) is 5.02 Å². The van der Waals surface area contributed by atoms with Crippen LogP contribution in [0, 0.1) is 12.8 Å². The van der Waals surface area contributed by atoms with Gasteiger partial charge < -0.3 is 14.3 Å². The van der Waals surface area contributed by atoms with Gasteiger partial charge in [0.1, 0.15) is 11.3 Å². The molecule has 0 aliphatic rings. The molecule has 0 spiro atoms. The number of rotatable bonds is 4. The molecule has 0 aliphatic carbocycles. The number of carboxylic acid groups (broad SMARTS) is 1. The van der Waals surface area contributed by atoms with Crippen LogP contribution in [0.1, 0.15) is 19.4 Å². The van der Waals surface area contributed by atoms with Gasteiger partial charge in [-0.05, 0) is 18.6 Å². The first-order chi connectivity index (χ1) is 9.79. The minimum Gasteiger partial charge on any atom is -0.478 e. The maximum absolute atomic E-state index is 11.4. The Morgan fingerprint density at radius 3 is 2.57 bits per heavy atom. The average molecular weight is 311 g/mol. The van der Waals surface area contributed by atoms with Gasteiger partial charge in [-0.3, -0.25) is 0 Å². The Balaban J connectivity index is 2.52. The quantitative estimate of drug-likeness (QED) is 0.877. The zero-order valence-corrected chi connectivity index (χ0v) is 12.6. The van der Waals surface area contributed by atoms with E-state index < -0.39 is 17.7 Å². The van der Waals surface area contributed by atoms with Crippen molar-refractivity contribution >= 4 is 28.5 Å². The first-order valence-corrected chi connectivity index (χ1v) is 6.81. The van der Waals surface area contributed by atoms with Crippen molar-refractivity contribution in [3.8, 4) is 5.75 Å². The lowest BCUT2D eigenvalue weighted by molar-refractivity contribution is -0.147. The zero-order chi connectivity index (χ0) is 15.7.